The van der Waals surface area contributed by atoms with Crippen molar-refractivity contribution in [3.63, 3.8) is 0 Å². The van der Waals surface area contributed by atoms with Crippen LogP contribution in [-0.4, -0.2) is 0 Å². The Morgan fingerprint density at radius 1 is 0.727 bits per heavy atom. The molecule has 2 N–H and O–H groups in total. The molecule has 118 valence electrons. The lowest BCUT2D eigenvalue weighted by Gasteiger charge is -2.18. The van der Waals surface area contributed by atoms with Crippen molar-refractivity contribution in [2.45, 2.75) is 47.0 Å². The number of benzene rings is 2. The molecule has 2 aromatic carbocycles. The third-order valence-electron chi connectivity index (χ3n) is 4.05. The lowest BCUT2D eigenvalue weighted by molar-refractivity contribution is 0.629. The van der Waals surface area contributed by atoms with Gasteiger partial charge in [0, 0.05) is 12.1 Å². The minimum absolute atomic E-state index is 0.668. The van der Waals surface area contributed by atoms with E-state index in [2.05, 4.69) is 58.0 Å². The van der Waals surface area contributed by atoms with Crippen LogP contribution in [0.1, 0.15) is 49.9 Å². The van der Waals surface area contributed by atoms with Gasteiger partial charge in [-0.2, -0.15) is 0 Å². The molecule has 0 spiro atoms. The summed E-state index contributed by atoms with van der Waals surface area (Å²) in [5, 5.41) is 0. The largest absolute Gasteiger partial charge is 0.398 e. The number of nitrogens with two attached hydrogens (primary N) is 1. The van der Waals surface area contributed by atoms with Gasteiger partial charge in [0.1, 0.15) is 0 Å². The number of rotatable bonds is 6. The van der Waals surface area contributed by atoms with Gasteiger partial charge < -0.3 is 5.73 Å². The highest BCUT2D eigenvalue weighted by Gasteiger charge is 2.12. The predicted octanol–water partition coefficient (Wildman–Crippen LogP) is 5.26. The zero-order valence-corrected chi connectivity index (χ0v) is 14.4. The Morgan fingerprint density at radius 2 is 1.23 bits per heavy atom. The molecule has 0 radical (unpaired) electrons. The zero-order chi connectivity index (χ0) is 16.1. The van der Waals surface area contributed by atoms with Gasteiger partial charge in [0.2, 0.25) is 0 Å². The SMILES string of the molecule is CC(C)Cc1cccc(CC(C)C)c1Cc1ccccc1N. The van der Waals surface area contributed by atoms with Gasteiger partial charge in [-0.25, -0.2) is 0 Å². The van der Waals surface area contributed by atoms with Gasteiger partial charge in [-0.3, -0.25) is 0 Å². The van der Waals surface area contributed by atoms with E-state index in [4.69, 9.17) is 5.73 Å². The monoisotopic (exact) mass is 295 g/mol. The topological polar surface area (TPSA) is 26.0 Å². The maximum atomic E-state index is 6.17. The van der Waals surface area contributed by atoms with Crippen molar-refractivity contribution in [3.05, 3.63) is 64.7 Å². The first-order valence-electron chi connectivity index (χ1n) is 8.40. The summed E-state index contributed by atoms with van der Waals surface area (Å²) in [6.45, 7) is 9.15. The number of hydrogen-bond acceptors (Lipinski definition) is 1. The second-order valence-corrected chi connectivity index (χ2v) is 7.13. The Balaban J connectivity index is 2.42. The first kappa shape index (κ1) is 16.6. The third-order valence-corrected chi connectivity index (χ3v) is 4.05. The van der Waals surface area contributed by atoms with Crippen molar-refractivity contribution in [1.29, 1.82) is 0 Å². The molecule has 22 heavy (non-hydrogen) atoms. The van der Waals surface area contributed by atoms with Crippen LogP contribution in [0, 0.1) is 11.8 Å². The van der Waals surface area contributed by atoms with Crippen molar-refractivity contribution in [1.82, 2.24) is 0 Å². The van der Waals surface area contributed by atoms with Gasteiger partial charge in [-0.15, -0.1) is 0 Å². The molecular weight excluding hydrogens is 266 g/mol. The molecule has 1 nitrogen and oxygen atoms in total. The number of para-hydroxylation sites is 1. The molecule has 0 aliphatic rings. The van der Waals surface area contributed by atoms with Gasteiger partial charge in [-0.1, -0.05) is 64.1 Å². The average Bonchev–Trinajstić information content (AvgIpc) is 2.43. The summed E-state index contributed by atoms with van der Waals surface area (Å²) in [4.78, 5) is 0. The van der Waals surface area contributed by atoms with Crippen LogP contribution in [0.3, 0.4) is 0 Å². The van der Waals surface area contributed by atoms with E-state index in [0.29, 0.717) is 11.8 Å². The molecule has 0 heterocycles. The predicted molar refractivity (Wildman–Crippen MR) is 97.2 cm³/mol. The highest BCUT2D eigenvalue weighted by atomic mass is 14.6. The van der Waals surface area contributed by atoms with Crippen molar-refractivity contribution in [3.8, 4) is 0 Å². The Hall–Kier alpha value is -1.76. The Labute approximate surface area is 135 Å². The Bertz CT molecular complexity index is 583. The van der Waals surface area contributed by atoms with Gasteiger partial charge in [0.05, 0.1) is 0 Å². The maximum Gasteiger partial charge on any atom is 0.0349 e. The average molecular weight is 295 g/mol. The van der Waals surface area contributed by atoms with Crippen LogP contribution < -0.4 is 5.73 Å². The van der Waals surface area contributed by atoms with E-state index < -0.39 is 0 Å². The molecular formula is C21H29N. The molecule has 0 aliphatic carbocycles. The molecule has 0 unspecified atom stereocenters. The van der Waals surface area contributed by atoms with E-state index >= 15 is 0 Å². The van der Waals surface area contributed by atoms with Crippen LogP contribution in [0.4, 0.5) is 5.69 Å². The molecule has 2 aromatic rings. The van der Waals surface area contributed by atoms with Crippen LogP contribution in [-0.2, 0) is 19.3 Å². The van der Waals surface area contributed by atoms with E-state index in [1.54, 1.807) is 0 Å². The molecule has 0 aromatic heterocycles. The summed E-state index contributed by atoms with van der Waals surface area (Å²) in [5.74, 6) is 1.34. The summed E-state index contributed by atoms with van der Waals surface area (Å²) in [5.41, 5.74) is 12.8. The van der Waals surface area contributed by atoms with Crippen LogP contribution in [0.15, 0.2) is 42.5 Å². The van der Waals surface area contributed by atoms with Crippen LogP contribution in [0.2, 0.25) is 0 Å². The second kappa shape index (κ2) is 7.49. The fourth-order valence-electron chi connectivity index (χ4n) is 3.06. The Kier molecular flexibility index (Phi) is 5.65. The molecule has 0 atom stereocenters. The Morgan fingerprint density at radius 3 is 1.73 bits per heavy atom. The molecule has 0 saturated heterocycles. The molecule has 2 rings (SSSR count). The number of anilines is 1. The lowest BCUT2D eigenvalue weighted by atomic mass is 9.87. The lowest BCUT2D eigenvalue weighted by Crippen LogP contribution is -2.07. The number of nitrogen functional groups attached to an aromatic ring is 1. The van der Waals surface area contributed by atoms with Crippen LogP contribution in [0.25, 0.3) is 0 Å². The summed E-state index contributed by atoms with van der Waals surface area (Å²) < 4.78 is 0. The van der Waals surface area contributed by atoms with Crippen molar-refractivity contribution in [2.75, 3.05) is 5.73 Å². The molecule has 1 heteroatoms. The molecule has 0 fully saturated rings. The van der Waals surface area contributed by atoms with Gasteiger partial charge >= 0.3 is 0 Å². The fourth-order valence-corrected chi connectivity index (χ4v) is 3.06. The van der Waals surface area contributed by atoms with Gasteiger partial charge in [0.15, 0.2) is 0 Å². The van der Waals surface area contributed by atoms with Gasteiger partial charge in [-0.05, 0) is 53.0 Å². The van der Waals surface area contributed by atoms with E-state index in [1.165, 1.54) is 22.3 Å². The van der Waals surface area contributed by atoms with E-state index in [1.807, 2.05) is 12.1 Å². The highest BCUT2D eigenvalue weighted by molar-refractivity contribution is 5.50. The maximum absolute atomic E-state index is 6.17. The standard InChI is InChI=1S/C21H29N/c1-15(2)12-17-9-7-10-18(13-16(3)4)20(17)14-19-8-5-6-11-21(19)22/h5-11,15-16H,12-14,22H2,1-4H3. The van der Waals surface area contributed by atoms with E-state index in [-0.39, 0.29) is 0 Å². The van der Waals surface area contributed by atoms with Crippen LogP contribution >= 0.6 is 0 Å². The quantitative estimate of drug-likeness (QED) is 0.723. The van der Waals surface area contributed by atoms with Crippen molar-refractivity contribution < 1.29 is 0 Å². The fraction of sp³-hybridized carbons (Fsp3) is 0.429. The molecule has 0 saturated carbocycles. The minimum Gasteiger partial charge on any atom is -0.398 e. The smallest absolute Gasteiger partial charge is 0.0349 e. The van der Waals surface area contributed by atoms with Crippen molar-refractivity contribution >= 4 is 5.69 Å². The highest BCUT2D eigenvalue weighted by Crippen LogP contribution is 2.26. The summed E-state index contributed by atoms with van der Waals surface area (Å²) in [6, 6.07) is 15.0. The first-order chi connectivity index (χ1) is 10.5. The molecule has 0 amide bonds. The first-order valence-corrected chi connectivity index (χ1v) is 8.40. The summed E-state index contributed by atoms with van der Waals surface area (Å²) >= 11 is 0. The number of hydrogen-bond donors (Lipinski definition) is 1. The molecule has 0 aliphatic heterocycles. The summed E-state index contributed by atoms with van der Waals surface area (Å²) in [6.07, 6.45) is 3.21. The summed E-state index contributed by atoms with van der Waals surface area (Å²) in [7, 11) is 0. The van der Waals surface area contributed by atoms with Gasteiger partial charge in [0.25, 0.3) is 0 Å². The normalized spacial score (nSPS) is 11.4. The van der Waals surface area contributed by atoms with Crippen molar-refractivity contribution in [2.24, 2.45) is 11.8 Å². The minimum atomic E-state index is 0.668. The zero-order valence-electron chi connectivity index (χ0n) is 14.4. The second-order valence-electron chi connectivity index (χ2n) is 7.13. The van der Waals surface area contributed by atoms with E-state index in [9.17, 15) is 0 Å². The van der Waals surface area contributed by atoms with E-state index in [0.717, 1.165) is 24.9 Å². The van der Waals surface area contributed by atoms with Crippen LogP contribution in [0.5, 0.6) is 0 Å². The molecule has 0 bridgehead atoms. The third kappa shape index (κ3) is 4.37.